The molecule has 2 heterocycles. The Morgan fingerprint density at radius 2 is 2.09 bits per heavy atom. The Bertz CT molecular complexity index is 551. The van der Waals surface area contributed by atoms with Gasteiger partial charge in [-0.25, -0.2) is 0 Å². The zero-order valence-electron chi connectivity index (χ0n) is 13.3. The number of fused-ring (bicyclic) bond motifs is 1. The molecular formula is C17H25ClN2O2. The molecule has 2 saturated heterocycles. The summed E-state index contributed by atoms with van der Waals surface area (Å²) in [5.41, 5.74) is 2.16. The van der Waals surface area contributed by atoms with Crippen molar-refractivity contribution in [1.29, 1.82) is 0 Å². The number of halogens is 1. The first-order valence-corrected chi connectivity index (χ1v) is 7.78. The third-order valence-electron chi connectivity index (χ3n) is 5.06. The number of carboxylic acids is 1. The van der Waals surface area contributed by atoms with E-state index in [1.54, 1.807) is 0 Å². The normalized spacial score (nSPS) is 27.0. The van der Waals surface area contributed by atoms with Crippen molar-refractivity contribution in [1.82, 2.24) is 9.80 Å². The van der Waals surface area contributed by atoms with Gasteiger partial charge in [-0.3, -0.25) is 14.6 Å². The fourth-order valence-electron chi connectivity index (χ4n) is 3.98. The van der Waals surface area contributed by atoms with E-state index in [1.807, 2.05) is 31.2 Å². The van der Waals surface area contributed by atoms with E-state index < -0.39 is 12.0 Å². The second-order valence-corrected chi connectivity index (χ2v) is 6.71. The summed E-state index contributed by atoms with van der Waals surface area (Å²) in [6.45, 7) is 8.11. The lowest BCUT2D eigenvalue weighted by atomic mass is 9.93. The highest BCUT2D eigenvalue weighted by molar-refractivity contribution is 5.85. The van der Waals surface area contributed by atoms with Crippen LogP contribution in [-0.4, -0.2) is 52.6 Å². The van der Waals surface area contributed by atoms with Gasteiger partial charge >= 0.3 is 5.97 Å². The van der Waals surface area contributed by atoms with Gasteiger partial charge in [-0.05, 0) is 38.8 Å². The van der Waals surface area contributed by atoms with E-state index >= 15 is 0 Å². The standard InChI is InChI=1S/C17H24N2O2.ClH/c1-13-5-3-6-14(11-13)15(16(20)21)18-9-10-19-8-4-7-17(19,2)12-18;/h3,5-6,11,15H,4,7-10,12H2,1-2H3,(H,20,21);1H. The highest BCUT2D eigenvalue weighted by atomic mass is 35.5. The third-order valence-corrected chi connectivity index (χ3v) is 5.06. The number of piperazine rings is 1. The quantitative estimate of drug-likeness (QED) is 0.928. The smallest absolute Gasteiger partial charge is 0.325 e. The number of benzene rings is 1. The molecular weight excluding hydrogens is 300 g/mol. The van der Waals surface area contributed by atoms with Crippen molar-refractivity contribution in [2.75, 3.05) is 26.2 Å². The first-order valence-electron chi connectivity index (χ1n) is 7.78. The van der Waals surface area contributed by atoms with Crippen LogP contribution >= 0.6 is 12.4 Å². The predicted octanol–water partition coefficient (Wildman–Crippen LogP) is 2.71. The van der Waals surface area contributed by atoms with Crippen molar-refractivity contribution >= 4 is 18.4 Å². The number of nitrogens with zero attached hydrogens (tertiary/aromatic N) is 2. The molecule has 4 nitrogen and oxygen atoms in total. The zero-order chi connectivity index (χ0) is 15.0. The molecule has 2 fully saturated rings. The Kier molecular flexibility index (Phi) is 5.15. The molecule has 0 spiro atoms. The van der Waals surface area contributed by atoms with Crippen molar-refractivity contribution in [2.24, 2.45) is 0 Å². The van der Waals surface area contributed by atoms with Gasteiger partial charge in [0.15, 0.2) is 0 Å². The summed E-state index contributed by atoms with van der Waals surface area (Å²) in [4.78, 5) is 16.5. The van der Waals surface area contributed by atoms with E-state index in [1.165, 1.54) is 12.8 Å². The maximum atomic E-state index is 11.9. The second-order valence-electron chi connectivity index (χ2n) is 6.71. The fourth-order valence-corrected chi connectivity index (χ4v) is 3.98. The molecule has 22 heavy (non-hydrogen) atoms. The van der Waals surface area contributed by atoms with E-state index in [9.17, 15) is 9.90 Å². The van der Waals surface area contributed by atoms with Gasteiger partial charge < -0.3 is 5.11 Å². The van der Waals surface area contributed by atoms with E-state index in [4.69, 9.17) is 0 Å². The Labute approximate surface area is 138 Å². The van der Waals surface area contributed by atoms with Crippen molar-refractivity contribution in [3.8, 4) is 0 Å². The minimum Gasteiger partial charge on any atom is -0.480 e. The molecule has 2 aliphatic heterocycles. The Hall–Kier alpha value is -1.10. The number of rotatable bonds is 3. The van der Waals surface area contributed by atoms with Gasteiger partial charge in [0.1, 0.15) is 6.04 Å². The number of hydrogen-bond acceptors (Lipinski definition) is 3. The van der Waals surface area contributed by atoms with E-state index in [0.29, 0.717) is 0 Å². The Morgan fingerprint density at radius 3 is 2.77 bits per heavy atom. The Balaban J connectivity index is 0.00000176. The third kappa shape index (κ3) is 3.14. The molecule has 1 aromatic rings. The highest BCUT2D eigenvalue weighted by Crippen LogP contribution is 2.35. The molecule has 5 heteroatoms. The van der Waals surface area contributed by atoms with Crippen LogP contribution in [0, 0.1) is 6.92 Å². The topological polar surface area (TPSA) is 43.8 Å². The van der Waals surface area contributed by atoms with Crippen LogP contribution in [0.25, 0.3) is 0 Å². The van der Waals surface area contributed by atoms with Crippen molar-refractivity contribution < 1.29 is 9.90 Å². The first kappa shape index (κ1) is 17.3. The largest absolute Gasteiger partial charge is 0.480 e. The second kappa shape index (κ2) is 6.57. The van der Waals surface area contributed by atoms with Crippen LogP contribution in [-0.2, 0) is 4.79 Å². The number of carboxylic acid groups (broad SMARTS) is 1. The Morgan fingerprint density at radius 1 is 1.32 bits per heavy atom. The summed E-state index contributed by atoms with van der Waals surface area (Å²) in [5.74, 6) is -0.740. The van der Waals surface area contributed by atoms with Gasteiger partial charge in [-0.1, -0.05) is 29.8 Å². The number of hydrogen-bond donors (Lipinski definition) is 1. The molecule has 2 atom stereocenters. The van der Waals surface area contributed by atoms with Crippen LogP contribution in [0.15, 0.2) is 24.3 Å². The lowest BCUT2D eigenvalue weighted by Crippen LogP contribution is -2.58. The van der Waals surface area contributed by atoms with Crippen LogP contribution < -0.4 is 0 Å². The van der Waals surface area contributed by atoms with Gasteiger partial charge in [-0.2, -0.15) is 0 Å². The molecule has 0 aliphatic carbocycles. The molecule has 0 bridgehead atoms. The average molecular weight is 325 g/mol. The lowest BCUT2D eigenvalue weighted by Gasteiger charge is -2.47. The van der Waals surface area contributed by atoms with Crippen molar-refractivity contribution in [3.63, 3.8) is 0 Å². The SMILES string of the molecule is Cc1cccc(C(C(=O)O)N2CCN3CCCC3(C)C2)c1.Cl. The van der Waals surface area contributed by atoms with Crippen LogP contribution in [0.2, 0.25) is 0 Å². The lowest BCUT2D eigenvalue weighted by molar-refractivity contribution is -0.145. The minimum atomic E-state index is -0.740. The first-order chi connectivity index (χ1) is 9.99. The number of aliphatic carboxylic acids is 1. The van der Waals surface area contributed by atoms with Crippen LogP contribution in [0.3, 0.4) is 0 Å². The fraction of sp³-hybridized carbons (Fsp3) is 0.588. The molecule has 2 unspecified atom stereocenters. The molecule has 1 N–H and O–H groups in total. The van der Waals surface area contributed by atoms with Gasteiger partial charge in [0.25, 0.3) is 0 Å². The summed E-state index contributed by atoms with van der Waals surface area (Å²) in [7, 11) is 0. The maximum absolute atomic E-state index is 11.9. The van der Waals surface area contributed by atoms with Gasteiger partial charge in [0.2, 0.25) is 0 Å². The average Bonchev–Trinajstić information content (AvgIpc) is 2.79. The van der Waals surface area contributed by atoms with Gasteiger partial charge in [0.05, 0.1) is 0 Å². The molecule has 2 aliphatic rings. The zero-order valence-corrected chi connectivity index (χ0v) is 14.1. The molecule has 1 aromatic carbocycles. The molecule has 0 amide bonds. The number of aryl methyl sites for hydroxylation is 1. The predicted molar refractivity (Wildman–Crippen MR) is 89.6 cm³/mol. The van der Waals surface area contributed by atoms with Crippen molar-refractivity contribution in [3.05, 3.63) is 35.4 Å². The van der Waals surface area contributed by atoms with Gasteiger partial charge in [-0.15, -0.1) is 12.4 Å². The summed E-state index contributed by atoms with van der Waals surface area (Å²) < 4.78 is 0. The van der Waals surface area contributed by atoms with Gasteiger partial charge in [0, 0.05) is 25.2 Å². The molecule has 0 radical (unpaired) electrons. The van der Waals surface area contributed by atoms with E-state index in [2.05, 4.69) is 16.7 Å². The van der Waals surface area contributed by atoms with Crippen molar-refractivity contribution in [2.45, 2.75) is 38.3 Å². The summed E-state index contributed by atoms with van der Waals surface area (Å²) in [5, 5.41) is 9.74. The minimum absolute atomic E-state index is 0. The molecule has 122 valence electrons. The summed E-state index contributed by atoms with van der Waals surface area (Å²) >= 11 is 0. The molecule has 0 aromatic heterocycles. The summed E-state index contributed by atoms with van der Waals surface area (Å²) in [6.07, 6.45) is 2.40. The van der Waals surface area contributed by atoms with E-state index in [-0.39, 0.29) is 17.9 Å². The monoisotopic (exact) mass is 324 g/mol. The maximum Gasteiger partial charge on any atom is 0.325 e. The molecule has 3 rings (SSSR count). The van der Waals surface area contributed by atoms with Crippen LogP contribution in [0.5, 0.6) is 0 Å². The highest BCUT2D eigenvalue weighted by Gasteiger charge is 2.44. The van der Waals surface area contributed by atoms with E-state index in [0.717, 1.165) is 37.3 Å². The molecule has 0 saturated carbocycles. The van der Waals surface area contributed by atoms with Crippen LogP contribution in [0.4, 0.5) is 0 Å². The summed E-state index contributed by atoms with van der Waals surface area (Å²) in [6, 6.07) is 7.38. The number of carbonyl (C=O) groups is 1. The van der Waals surface area contributed by atoms with Crippen LogP contribution in [0.1, 0.15) is 36.9 Å².